The Hall–Kier alpha value is -3.49. The van der Waals surface area contributed by atoms with Gasteiger partial charge in [-0.1, -0.05) is 12.1 Å². The van der Waals surface area contributed by atoms with Gasteiger partial charge < -0.3 is 14.8 Å². The van der Waals surface area contributed by atoms with E-state index in [0.29, 0.717) is 5.75 Å². The van der Waals surface area contributed by atoms with E-state index in [1.807, 2.05) is 19.9 Å². The summed E-state index contributed by atoms with van der Waals surface area (Å²) in [6.07, 6.45) is -1.18. The molecule has 0 aliphatic heterocycles. The number of ether oxygens (including phenoxy) is 2. The largest absolute Gasteiger partial charge is 0.482 e. The molecule has 0 fully saturated rings. The number of hydrogen-bond donors (Lipinski definition) is 1. The summed E-state index contributed by atoms with van der Waals surface area (Å²) in [6, 6.07) is 8.33. The second-order valence-electron chi connectivity index (χ2n) is 6.03. The molecule has 28 heavy (non-hydrogen) atoms. The SMILES string of the molecule is Cc1cccc(OCC(=O)O[C@@H](C)C(=O)Nc2ccc(F)c([N+](=O)[O-])c2)c1C. The number of nitrogens with zero attached hydrogens (tertiary/aromatic N) is 1. The number of rotatable bonds is 7. The molecule has 0 aliphatic rings. The van der Waals surface area contributed by atoms with Crippen LogP contribution >= 0.6 is 0 Å². The van der Waals surface area contributed by atoms with Gasteiger partial charge in [0.1, 0.15) is 5.75 Å². The van der Waals surface area contributed by atoms with Gasteiger partial charge in [0.2, 0.25) is 5.82 Å². The van der Waals surface area contributed by atoms with Crippen molar-refractivity contribution in [2.24, 2.45) is 0 Å². The van der Waals surface area contributed by atoms with Crippen LogP contribution in [0.3, 0.4) is 0 Å². The number of hydrogen-bond acceptors (Lipinski definition) is 6. The van der Waals surface area contributed by atoms with Crippen molar-refractivity contribution >= 4 is 23.3 Å². The molecule has 0 aliphatic carbocycles. The Kier molecular flexibility index (Phi) is 6.64. The first-order chi connectivity index (χ1) is 13.2. The maximum Gasteiger partial charge on any atom is 0.344 e. The predicted octanol–water partition coefficient (Wildman–Crippen LogP) is 3.30. The lowest BCUT2D eigenvalue weighted by Crippen LogP contribution is -2.31. The van der Waals surface area contributed by atoms with Crippen molar-refractivity contribution in [1.29, 1.82) is 0 Å². The number of benzene rings is 2. The predicted molar refractivity (Wildman–Crippen MR) is 98.6 cm³/mol. The number of nitro benzene ring substituents is 1. The van der Waals surface area contributed by atoms with Gasteiger partial charge in [0.25, 0.3) is 5.91 Å². The third-order valence-electron chi connectivity index (χ3n) is 3.99. The summed E-state index contributed by atoms with van der Waals surface area (Å²) in [6.45, 7) is 4.72. The molecule has 2 aromatic carbocycles. The zero-order valence-corrected chi connectivity index (χ0v) is 15.5. The Bertz CT molecular complexity index is 915. The second-order valence-corrected chi connectivity index (χ2v) is 6.03. The summed E-state index contributed by atoms with van der Waals surface area (Å²) in [5, 5.41) is 13.1. The minimum atomic E-state index is -1.18. The van der Waals surface area contributed by atoms with E-state index in [1.54, 1.807) is 12.1 Å². The average molecular weight is 390 g/mol. The first-order valence-electron chi connectivity index (χ1n) is 8.32. The molecule has 0 bridgehead atoms. The molecule has 148 valence electrons. The number of aryl methyl sites for hydroxylation is 1. The van der Waals surface area contributed by atoms with E-state index in [4.69, 9.17) is 9.47 Å². The molecule has 0 heterocycles. The van der Waals surface area contributed by atoms with Gasteiger partial charge in [-0.2, -0.15) is 4.39 Å². The van der Waals surface area contributed by atoms with Crippen molar-refractivity contribution in [2.45, 2.75) is 26.9 Å². The maximum atomic E-state index is 13.3. The van der Waals surface area contributed by atoms with Crippen molar-refractivity contribution in [1.82, 2.24) is 0 Å². The average Bonchev–Trinajstić information content (AvgIpc) is 2.64. The van der Waals surface area contributed by atoms with Crippen LogP contribution in [0.4, 0.5) is 15.8 Å². The van der Waals surface area contributed by atoms with Gasteiger partial charge in [0.05, 0.1) is 4.92 Å². The van der Waals surface area contributed by atoms with Crippen molar-refractivity contribution in [3.63, 3.8) is 0 Å². The van der Waals surface area contributed by atoms with Crippen LogP contribution in [-0.2, 0) is 14.3 Å². The van der Waals surface area contributed by atoms with E-state index >= 15 is 0 Å². The third-order valence-corrected chi connectivity index (χ3v) is 3.99. The Balaban J connectivity index is 1.91. The first kappa shape index (κ1) is 20.8. The van der Waals surface area contributed by atoms with Gasteiger partial charge in [-0.05, 0) is 50.1 Å². The molecular weight excluding hydrogens is 371 g/mol. The summed E-state index contributed by atoms with van der Waals surface area (Å²) in [4.78, 5) is 33.8. The number of halogens is 1. The fourth-order valence-electron chi connectivity index (χ4n) is 2.28. The number of carbonyl (C=O) groups excluding carboxylic acids is 2. The lowest BCUT2D eigenvalue weighted by atomic mass is 10.1. The van der Waals surface area contributed by atoms with Crippen LogP contribution in [0.25, 0.3) is 0 Å². The third kappa shape index (κ3) is 5.26. The van der Waals surface area contributed by atoms with Crippen LogP contribution < -0.4 is 10.1 Å². The molecule has 1 amide bonds. The fraction of sp³-hybridized carbons (Fsp3) is 0.263. The number of carbonyl (C=O) groups is 2. The molecule has 1 atom stereocenters. The van der Waals surface area contributed by atoms with Crippen molar-refractivity contribution in [2.75, 3.05) is 11.9 Å². The topological polar surface area (TPSA) is 108 Å². The molecule has 0 unspecified atom stereocenters. The summed E-state index contributed by atoms with van der Waals surface area (Å²) in [5.41, 5.74) is 1.13. The van der Waals surface area contributed by atoms with Crippen molar-refractivity contribution in [3.8, 4) is 5.75 Å². The minimum Gasteiger partial charge on any atom is -0.482 e. The zero-order chi connectivity index (χ0) is 20.8. The van der Waals surface area contributed by atoms with Gasteiger partial charge in [0.15, 0.2) is 12.7 Å². The highest BCUT2D eigenvalue weighted by Gasteiger charge is 2.20. The highest BCUT2D eigenvalue weighted by molar-refractivity contribution is 5.95. The lowest BCUT2D eigenvalue weighted by Gasteiger charge is -2.15. The molecular formula is C19H19FN2O6. The Morgan fingerprint density at radius 3 is 2.64 bits per heavy atom. The van der Waals surface area contributed by atoms with Crippen LogP contribution in [0.15, 0.2) is 36.4 Å². The molecule has 0 radical (unpaired) electrons. The number of esters is 1. The summed E-state index contributed by atoms with van der Waals surface area (Å²) >= 11 is 0. The van der Waals surface area contributed by atoms with Crippen LogP contribution in [0.1, 0.15) is 18.1 Å². The Morgan fingerprint density at radius 2 is 1.96 bits per heavy atom. The summed E-state index contributed by atoms with van der Waals surface area (Å²) < 4.78 is 23.7. The van der Waals surface area contributed by atoms with Crippen molar-refractivity contribution < 1.29 is 28.4 Å². The molecule has 0 saturated carbocycles. The zero-order valence-electron chi connectivity index (χ0n) is 15.5. The number of anilines is 1. The quantitative estimate of drug-likeness (QED) is 0.441. The standard InChI is InChI=1S/C19H19FN2O6/c1-11-5-4-6-17(12(11)2)27-10-18(23)28-13(3)19(24)21-14-7-8-15(20)16(9-14)22(25)26/h4-9,13H,10H2,1-3H3,(H,21,24)/t13-/m0/s1. The van der Waals surface area contributed by atoms with Gasteiger partial charge in [-0.15, -0.1) is 0 Å². The molecule has 2 rings (SSSR count). The maximum absolute atomic E-state index is 13.3. The van der Waals surface area contributed by atoms with Crippen molar-refractivity contribution in [3.05, 3.63) is 63.5 Å². The summed E-state index contributed by atoms with van der Waals surface area (Å²) in [7, 11) is 0. The van der Waals surface area contributed by atoms with Gasteiger partial charge in [-0.25, -0.2) is 4.79 Å². The molecule has 8 nitrogen and oxygen atoms in total. The van der Waals surface area contributed by atoms with Crippen LogP contribution in [0, 0.1) is 29.8 Å². The van der Waals surface area contributed by atoms with Gasteiger partial charge in [0, 0.05) is 11.8 Å². The fourth-order valence-corrected chi connectivity index (χ4v) is 2.28. The molecule has 2 aromatic rings. The number of amides is 1. The van der Waals surface area contributed by atoms with Crippen LogP contribution in [0.2, 0.25) is 0 Å². The highest BCUT2D eigenvalue weighted by atomic mass is 19.1. The van der Waals surface area contributed by atoms with Crippen LogP contribution in [-0.4, -0.2) is 29.5 Å². The van der Waals surface area contributed by atoms with E-state index in [9.17, 15) is 24.1 Å². The van der Waals surface area contributed by atoms with E-state index < -0.39 is 34.4 Å². The smallest absolute Gasteiger partial charge is 0.344 e. The second kappa shape index (κ2) is 8.94. The highest BCUT2D eigenvalue weighted by Crippen LogP contribution is 2.22. The molecule has 1 N–H and O–H groups in total. The monoisotopic (exact) mass is 390 g/mol. The first-order valence-corrected chi connectivity index (χ1v) is 8.32. The van der Waals surface area contributed by atoms with Crippen LogP contribution in [0.5, 0.6) is 5.75 Å². The molecule has 0 aromatic heterocycles. The van der Waals surface area contributed by atoms with Gasteiger partial charge >= 0.3 is 11.7 Å². The van der Waals surface area contributed by atoms with Gasteiger partial charge in [-0.3, -0.25) is 14.9 Å². The molecule has 0 saturated heterocycles. The summed E-state index contributed by atoms with van der Waals surface area (Å²) in [5.74, 6) is -1.96. The Labute approximate surface area is 160 Å². The number of nitrogens with one attached hydrogen (secondary N) is 1. The Morgan fingerprint density at radius 1 is 1.25 bits per heavy atom. The van der Waals surface area contributed by atoms with E-state index in [1.165, 1.54) is 13.0 Å². The molecule has 9 heteroatoms. The number of nitro groups is 1. The minimum absolute atomic E-state index is 0.00707. The lowest BCUT2D eigenvalue weighted by molar-refractivity contribution is -0.387. The van der Waals surface area contributed by atoms with E-state index in [0.717, 1.165) is 23.3 Å². The normalized spacial score (nSPS) is 11.4. The molecule has 0 spiro atoms. The van der Waals surface area contributed by atoms with E-state index in [2.05, 4.69) is 5.32 Å². The van der Waals surface area contributed by atoms with E-state index in [-0.39, 0.29) is 12.3 Å².